The van der Waals surface area contributed by atoms with Crippen molar-refractivity contribution in [3.05, 3.63) is 34.9 Å². The summed E-state index contributed by atoms with van der Waals surface area (Å²) in [5.41, 5.74) is 3.20. The van der Waals surface area contributed by atoms with Crippen LogP contribution >= 0.6 is 0 Å². The van der Waals surface area contributed by atoms with Crippen molar-refractivity contribution < 1.29 is 4.79 Å². The Bertz CT molecular complexity index is 318. The van der Waals surface area contributed by atoms with Crippen LogP contribution in [0.25, 0.3) is 0 Å². The van der Waals surface area contributed by atoms with Crippen molar-refractivity contribution in [1.82, 2.24) is 4.90 Å². The number of aryl methyl sites for hydroxylation is 1. The average molecular weight is 191 g/mol. The molecule has 1 aromatic rings. The Hall–Kier alpha value is -1.15. The van der Waals surface area contributed by atoms with E-state index in [1.807, 2.05) is 26.2 Å². The second-order valence-corrected chi connectivity index (χ2v) is 3.74. The molecule has 0 saturated carbocycles. The van der Waals surface area contributed by atoms with Gasteiger partial charge in [0.2, 0.25) is 0 Å². The van der Waals surface area contributed by atoms with Crippen molar-refractivity contribution >= 4 is 6.29 Å². The molecule has 0 N–H and O–H groups in total. The normalized spacial score (nSPS) is 10.6. The van der Waals surface area contributed by atoms with Gasteiger partial charge < -0.3 is 4.90 Å². The standard InChI is InChI=1S/C12H17NO/c1-4-10-5-6-11(9-14)12(7-10)8-13(2)3/h5-7,9H,4,8H2,1-3H3. The minimum atomic E-state index is 0.802. The summed E-state index contributed by atoms with van der Waals surface area (Å²) < 4.78 is 0. The van der Waals surface area contributed by atoms with Gasteiger partial charge in [0.05, 0.1) is 0 Å². The summed E-state index contributed by atoms with van der Waals surface area (Å²) >= 11 is 0. The topological polar surface area (TPSA) is 20.3 Å². The SMILES string of the molecule is CCc1ccc(C=O)c(CN(C)C)c1. The molecule has 2 heteroatoms. The zero-order valence-corrected chi connectivity index (χ0v) is 9.08. The smallest absolute Gasteiger partial charge is 0.150 e. The predicted molar refractivity (Wildman–Crippen MR) is 58.6 cm³/mol. The van der Waals surface area contributed by atoms with Gasteiger partial charge in [0.15, 0.2) is 0 Å². The molecule has 0 radical (unpaired) electrons. The molecule has 2 nitrogen and oxygen atoms in total. The van der Waals surface area contributed by atoms with Crippen molar-refractivity contribution in [2.45, 2.75) is 19.9 Å². The predicted octanol–water partition coefficient (Wildman–Crippen LogP) is 2.12. The minimum Gasteiger partial charge on any atom is -0.305 e. The fraction of sp³-hybridized carbons (Fsp3) is 0.417. The lowest BCUT2D eigenvalue weighted by Crippen LogP contribution is -2.12. The van der Waals surface area contributed by atoms with Crippen molar-refractivity contribution in [3.63, 3.8) is 0 Å². The highest BCUT2D eigenvalue weighted by atomic mass is 16.1. The Kier molecular flexibility index (Phi) is 3.84. The van der Waals surface area contributed by atoms with E-state index in [0.29, 0.717) is 0 Å². The van der Waals surface area contributed by atoms with Gasteiger partial charge in [0.1, 0.15) is 6.29 Å². The van der Waals surface area contributed by atoms with Crippen LogP contribution < -0.4 is 0 Å². The first-order valence-electron chi connectivity index (χ1n) is 4.89. The van der Waals surface area contributed by atoms with E-state index in [-0.39, 0.29) is 0 Å². The fourth-order valence-corrected chi connectivity index (χ4v) is 1.47. The van der Waals surface area contributed by atoms with E-state index in [1.54, 1.807) is 0 Å². The number of aldehydes is 1. The van der Waals surface area contributed by atoms with Crippen LogP contribution in [0.4, 0.5) is 0 Å². The maximum absolute atomic E-state index is 10.8. The van der Waals surface area contributed by atoms with Gasteiger partial charge in [-0.15, -0.1) is 0 Å². The highest BCUT2D eigenvalue weighted by Gasteiger charge is 2.03. The van der Waals surface area contributed by atoms with E-state index in [0.717, 1.165) is 30.4 Å². The molecule has 0 bridgehead atoms. The van der Waals surface area contributed by atoms with Gasteiger partial charge >= 0.3 is 0 Å². The summed E-state index contributed by atoms with van der Waals surface area (Å²) in [6.45, 7) is 2.94. The largest absolute Gasteiger partial charge is 0.305 e. The summed E-state index contributed by atoms with van der Waals surface area (Å²) in [7, 11) is 4.01. The molecule has 0 heterocycles. The number of nitrogens with zero attached hydrogens (tertiary/aromatic N) is 1. The van der Waals surface area contributed by atoms with Crippen molar-refractivity contribution in [3.8, 4) is 0 Å². The maximum atomic E-state index is 10.8. The Balaban J connectivity index is 3.01. The number of carbonyl (C=O) groups excluding carboxylic acids is 1. The quantitative estimate of drug-likeness (QED) is 0.679. The lowest BCUT2D eigenvalue weighted by molar-refractivity contribution is 0.112. The van der Waals surface area contributed by atoms with Crippen molar-refractivity contribution in [2.24, 2.45) is 0 Å². The third-order valence-electron chi connectivity index (χ3n) is 2.23. The second-order valence-electron chi connectivity index (χ2n) is 3.74. The molecule has 0 fully saturated rings. The van der Waals surface area contributed by atoms with Gasteiger partial charge in [0.25, 0.3) is 0 Å². The van der Waals surface area contributed by atoms with E-state index < -0.39 is 0 Å². The van der Waals surface area contributed by atoms with Crippen LogP contribution in [0.2, 0.25) is 0 Å². The Morgan fingerprint density at radius 2 is 2.07 bits per heavy atom. The van der Waals surface area contributed by atoms with E-state index in [4.69, 9.17) is 0 Å². The molecule has 0 aliphatic rings. The Morgan fingerprint density at radius 3 is 2.57 bits per heavy atom. The molecule has 0 aliphatic carbocycles. The second kappa shape index (κ2) is 4.91. The highest BCUT2D eigenvalue weighted by Crippen LogP contribution is 2.12. The number of carbonyl (C=O) groups is 1. The Morgan fingerprint density at radius 1 is 1.36 bits per heavy atom. The van der Waals surface area contributed by atoms with Crippen LogP contribution in [0, 0.1) is 0 Å². The minimum absolute atomic E-state index is 0.802. The molecular weight excluding hydrogens is 174 g/mol. The van der Waals surface area contributed by atoms with Crippen LogP contribution in [-0.4, -0.2) is 25.3 Å². The van der Waals surface area contributed by atoms with E-state index in [2.05, 4.69) is 17.9 Å². The van der Waals surface area contributed by atoms with Gasteiger partial charge in [-0.05, 0) is 31.6 Å². The zero-order chi connectivity index (χ0) is 10.6. The molecular formula is C12H17NO. The first-order valence-corrected chi connectivity index (χ1v) is 4.89. The van der Waals surface area contributed by atoms with Crippen LogP contribution in [0.3, 0.4) is 0 Å². The number of hydrogen-bond donors (Lipinski definition) is 0. The molecule has 0 unspecified atom stereocenters. The fourth-order valence-electron chi connectivity index (χ4n) is 1.47. The van der Waals surface area contributed by atoms with Gasteiger partial charge in [-0.2, -0.15) is 0 Å². The average Bonchev–Trinajstić information content (AvgIpc) is 2.16. The molecule has 0 spiro atoms. The third kappa shape index (κ3) is 2.67. The first kappa shape index (κ1) is 10.9. The van der Waals surface area contributed by atoms with Gasteiger partial charge in [-0.25, -0.2) is 0 Å². The van der Waals surface area contributed by atoms with Crippen LogP contribution in [0.5, 0.6) is 0 Å². The third-order valence-corrected chi connectivity index (χ3v) is 2.23. The monoisotopic (exact) mass is 191 g/mol. The number of hydrogen-bond acceptors (Lipinski definition) is 2. The molecule has 1 aromatic carbocycles. The highest BCUT2D eigenvalue weighted by molar-refractivity contribution is 5.77. The van der Waals surface area contributed by atoms with Gasteiger partial charge in [-0.3, -0.25) is 4.79 Å². The summed E-state index contributed by atoms with van der Waals surface area (Å²) in [4.78, 5) is 12.9. The number of rotatable bonds is 4. The van der Waals surface area contributed by atoms with Gasteiger partial charge in [0, 0.05) is 12.1 Å². The van der Waals surface area contributed by atoms with Gasteiger partial charge in [-0.1, -0.05) is 25.1 Å². The van der Waals surface area contributed by atoms with Crippen LogP contribution in [0.15, 0.2) is 18.2 Å². The first-order chi connectivity index (χ1) is 6.67. The van der Waals surface area contributed by atoms with Crippen LogP contribution in [-0.2, 0) is 13.0 Å². The molecule has 0 atom stereocenters. The zero-order valence-electron chi connectivity index (χ0n) is 9.08. The molecule has 76 valence electrons. The molecule has 0 saturated heterocycles. The van der Waals surface area contributed by atoms with Crippen LogP contribution in [0.1, 0.15) is 28.4 Å². The number of benzene rings is 1. The summed E-state index contributed by atoms with van der Waals surface area (Å²) in [6, 6.07) is 6.04. The lowest BCUT2D eigenvalue weighted by Gasteiger charge is -2.12. The summed E-state index contributed by atoms with van der Waals surface area (Å²) in [6.07, 6.45) is 1.94. The molecule has 1 rings (SSSR count). The lowest BCUT2D eigenvalue weighted by atomic mass is 10.0. The van der Waals surface area contributed by atoms with E-state index in [9.17, 15) is 4.79 Å². The Labute approximate surface area is 85.5 Å². The van der Waals surface area contributed by atoms with Crippen molar-refractivity contribution in [1.29, 1.82) is 0 Å². The maximum Gasteiger partial charge on any atom is 0.150 e. The van der Waals surface area contributed by atoms with Crippen molar-refractivity contribution in [2.75, 3.05) is 14.1 Å². The van der Waals surface area contributed by atoms with E-state index in [1.165, 1.54) is 5.56 Å². The molecule has 0 amide bonds. The molecule has 0 aromatic heterocycles. The van der Waals surface area contributed by atoms with E-state index >= 15 is 0 Å². The summed E-state index contributed by atoms with van der Waals surface area (Å²) in [5, 5.41) is 0. The molecule has 0 aliphatic heterocycles. The molecule has 14 heavy (non-hydrogen) atoms. The summed E-state index contributed by atoms with van der Waals surface area (Å²) in [5.74, 6) is 0.